The minimum atomic E-state index is 0. The van der Waals surface area contributed by atoms with E-state index in [1.54, 1.807) is 0 Å². The van der Waals surface area contributed by atoms with Gasteiger partial charge in [-0.2, -0.15) is 0 Å². The van der Waals surface area contributed by atoms with Gasteiger partial charge in [-0.25, -0.2) is 0 Å². The van der Waals surface area contributed by atoms with Gasteiger partial charge < -0.3 is 0 Å². The number of likely N-dealkylation sites (tertiary alicyclic amines) is 1. The van der Waals surface area contributed by atoms with E-state index in [-0.39, 0.29) is 18.4 Å². The van der Waals surface area contributed by atoms with Crippen LogP contribution < -0.4 is 0 Å². The van der Waals surface area contributed by atoms with Gasteiger partial charge >= 0.3 is 0 Å². The van der Waals surface area contributed by atoms with Crippen molar-refractivity contribution < 1.29 is 4.79 Å². The molecule has 1 atom stereocenters. The Morgan fingerprint density at radius 1 is 1.00 bits per heavy atom. The van der Waals surface area contributed by atoms with Crippen LogP contribution in [0.4, 0.5) is 0 Å². The molecule has 1 heterocycles. The Labute approximate surface area is 121 Å². The number of Topliss-reactive ketones (excluding diaryl/α,β-unsaturated/α-hetero) is 1. The van der Waals surface area contributed by atoms with Gasteiger partial charge in [0.2, 0.25) is 0 Å². The molecule has 0 bridgehead atoms. The summed E-state index contributed by atoms with van der Waals surface area (Å²) in [7, 11) is 0. The van der Waals surface area contributed by atoms with Gasteiger partial charge in [0.15, 0.2) is 5.78 Å². The summed E-state index contributed by atoms with van der Waals surface area (Å²) in [6, 6.07) is 8.32. The van der Waals surface area contributed by atoms with Gasteiger partial charge in [0, 0.05) is 5.56 Å². The number of halogens is 1. The molecular formula is C16H22ClNO. The number of hydrogen-bond donors (Lipinski definition) is 0. The predicted octanol–water partition coefficient (Wildman–Crippen LogP) is 3.48. The molecule has 3 heteroatoms. The number of hydrogen-bond acceptors (Lipinski definition) is 2. The zero-order chi connectivity index (χ0) is 12.4. The van der Waals surface area contributed by atoms with Gasteiger partial charge in [-0.1, -0.05) is 30.7 Å². The highest BCUT2D eigenvalue weighted by Gasteiger charge is 2.30. The fourth-order valence-electron chi connectivity index (χ4n) is 3.35. The topological polar surface area (TPSA) is 20.3 Å². The lowest BCUT2D eigenvalue weighted by atomic mass is 9.98. The molecule has 0 amide bonds. The largest absolute Gasteiger partial charge is 0.293 e. The van der Waals surface area contributed by atoms with Crippen LogP contribution in [0.2, 0.25) is 0 Å². The standard InChI is InChI=1S/C16H21NO.ClH/c18-16-14-9-3-2-7-13(14)8-6-10-15(16)17-11-4-1-5-12-17;/h2-3,7,9,15H,1,4-6,8,10-12H2;1H. The maximum absolute atomic E-state index is 12.7. The first-order chi connectivity index (χ1) is 8.86. The number of rotatable bonds is 1. The molecule has 19 heavy (non-hydrogen) atoms. The summed E-state index contributed by atoms with van der Waals surface area (Å²) in [5.41, 5.74) is 2.23. The van der Waals surface area contributed by atoms with Gasteiger partial charge in [-0.05, 0) is 50.8 Å². The van der Waals surface area contributed by atoms with Crippen LogP contribution in [0, 0.1) is 0 Å². The second-order valence-corrected chi connectivity index (χ2v) is 5.53. The Morgan fingerprint density at radius 2 is 1.74 bits per heavy atom. The number of carbonyl (C=O) groups is 1. The van der Waals surface area contributed by atoms with E-state index in [4.69, 9.17) is 0 Å². The molecule has 1 aliphatic carbocycles. The zero-order valence-corrected chi connectivity index (χ0v) is 12.1. The minimum Gasteiger partial charge on any atom is -0.293 e. The number of nitrogens with zero attached hydrogens (tertiary/aromatic N) is 1. The van der Waals surface area contributed by atoms with E-state index in [1.807, 2.05) is 18.2 Å². The molecule has 1 fully saturated rings. The smallest absolute Gasteiger partial charge is 0.180 e. The molecule has 1 aromatic carbocycles. The van der Waals surface area contributed by atoms with Gasteiger partial charge in [0.25, 0.3) is 0 Å². The molecule has 0 N–H and O–H groups in total. The van der Waals surface area contributed by atoms with Crippen LogP contribution in [0.1, 0.15) is 48.0 Å². The van der Waals surface area contributed by atoms with Crippen LogP contribution in [0.5, 0.6) is 0 Å². The molecule has 0 aromatic heterocycles. The summed E-state index contributed by atoms with van der Waals surface area (Å²) in [6.07, 6.45) is 7.08. The monoisotopic (exact) mass is 279 g/mol. The molecule has 1 saturated heterocycles. The van der Waals surface area contributed by atoms with Gasteiger partial charge in [0.1, 0.15) is 0 Å². The van der Waals surface area contributed by atoms with E-state index >= 15 is 0 Å². The first-order valence-electron chi connectivity index (χ1n) is 7.22. The van der Waals surface area contributed by atoms with Crippen LogP contribution in [-0.2, 0) is 6.42 Å². The fourth-order valence-corrected chi connectivity index (χ4v) is 3.35. The molecule has 2 aliphatic rings. The van der Waals surface area contributed by atoms with Crippen LogP contribution in [0.25, 0.3) is 0 Å². The van der Waals surface area contributed by atoms with Crippen molar-refractivity contribution in [3.05, 3.63) is 35.4 Å². The van der Waals surface area contributed by atoms with Crippen molar-refractivity contribution in [1.29, 1.82) is 0 Å². The molecule has 1 aliphatic heterocycles. The highest BCUT2D eigenvalue weighted by molar-refractivity contribution is 6.01. The molecule has 0 saturated carbocycles. The lowest BCUT2D eigenvalue weighted by Gasteiger charge is -2.33. The van der Waals surface area contributed by atoms with Crippen LogP contribution in [-0.4, -0.2) is 29.8 Å². The van der Waals surface area contributed by atoms with Gasteiger partial charge in [-0.3, -0.25) is 9.69 Å². The van der Waals surface area contributed by atoms with E-state index in [0.717, 1.165) is 37.9 Å². The second kappa shape index (κ2) is 6.53. The van der Waals surface area contributed by atoms with Crippen molar-refractivity contribution in [2.45, 2.75) is 44.6 Å². The molecule has 0 spiro atoms. The SMILES string of the molecule is Cl.O=C1c2ccccc2CCCC1N1CCCCC1. The Hall–Kier alpha value is -0.860. The third kappa shape index (κ3) is 3.01. The third-order valence-electron chi connectivity index (χ3n) is 4.34. The number of ketones is 1. The van der Waals surface area contributed by atoms with E-state index < -0.39 is 0 Å². The normalized spacial score (nSPS) is 24.2. The number of carbonyl (C=O) groups excluding carboxylic acids is 1. The van der Waals surface area contributed by atoms with Crippen molar-refractivity contribution in [3.63, 3.8) is 0 Å². The third-order valence-corrected chi connectivity index (χ3v) is 4.34. The lowest BCUT2D eigenvalue weighted by molar-refractivity contribution is 0.0772. The van der Waals surface area contributed by atoms with Crippen molar-refractivity contribution in [3.8, 4) is 0 Å². The Kier molecular flexibility index (Phi) is 5.00. The molecule has 1 aromatic rings. The first kappa shape index (κ1) is 14.5. The highest BCUT2D eigenvalue weighted by Crippen LogP contribution is 2.25. The van der Waals surface area contributed by atoms with E-state index in [1.165, 1.54) is 24.8 Å². The molecule has 2 nitrogen and oxygen atoms in total. The Bertz CT molecular complexity index is 440. The van der Waals surface area contributed by atoms with Gasteiger partial charge in [-0.15, -0.1) is 12.4 Å². The predicted molar refractivity (Wildman–Crippen MR) is 80.2 cm³/mol. The Morgan fingerprint density at radius 3 is 2.53 bits per heavy atom. The van der Waals surface area contributed by atoms with Crippen molar-refractivity contribution >= 4 is 18.2 Å². The van der Waals surface area contributed by atoms with Crippen LogP contribution >= 0.6 is 12.4 Å². The number of piperidine rings is 1. The lowest BCUT2D eigenvalue weighted by Crippen LogP contribution is -2.43. The van der Waals surface area contributed by atoms with Crippen molar-refractivity contribution in [2.24, 2.45) is 0 Å². The summed E-state index contributed by atoms with van der Waals surface area (Å²) in [5, 5.41) is 0. The quantitative estimate of drug-likeness (QED) is 0.734. The maximum Gasteiger partial charge on any atom is 0.180 e. The number of benzene rings is 1. The average Bonchev–Trinajstić information content (AvgIpc) is 2.60. The number of fused-ring (bicyclic) bond motifs is 1. The maximum atomic E-state index is 12.7. The zero-order valence-electron chi connectivity index (χ0n) is 11.3. The molecule has 1 unspecified atom stereocenters. The summed E-state index contributed by atoms with van der Waals surface area (Å²) in [5.74, 6) is 0.366. The fraction of sp³-hybridized carbons (Fsp3) is 0.562. The van der Waals surface area contributed by atoms with E-state index in [9.17, 15) is 4.79 Å². The van der Waals surface area contributed by atoms with E-state index in [2.05, 4.69) is 11.0 Å². The minimum absolute atomic E-state index is 0. The molecule has 0 radical (unpaired) electrons. The summed E-state index contributed by atoms with van der Waals surface area (Å²) in [4.78, 5) is 15.1. The van der Waals surface area contributed by atoms with Crippen molar-refractivity contribution in [1.82, 2.24) is 4.90 Å². The molecule has 3 rings (SSSR count). The first-order valence-corrected chi connectivity index (χ1v) is 7.22. The summed E-state index contributed by atoms with van der Waals surface area (Å²) >= 11 is 0. The molecule has 104 valence electrons. The van der Waals surface area contributed by atoms with Crippen LogP contribution in [0.3, 0.4) is 0 Å². The van der Waals surface area contributed by atoms with Crippen LogP contribution in [0.15, 0.2) is 24.3 Å². The number of aryl methyl sites for hydroxylation is 1. The second-order valence-electron chi connectivity index (χ2n) is 5.53. The van der Waals surface area contributed by atoms with Gasteiger partial charge in [0.05, 0.1) is 6.04 Å². The Balaban J connectivity index is 0.00000133. The highest BCUT2D eigenvalue weighted by atomic mass is 35.5. The summed E-state index contributed by atoms with van der Waals surface area (Å²) < 4.78 is 0. The average molecular weight is 280 g/mol. The molecular weight excluding hydrogens is 258 g/mol. The van der Waals surface area contributed by atoms with E-state index in [0.29, 0.717) is 5.78 Å². The summed E-state index contributed by atoms with van der Waals surface area (Å²) in [6.45, 7) is 2.22. The van der Waals surface area contributed by atoms with Crippen molar-refractivity contribution in [2.75, 3.05) is 13.1 Å².